The van der Waals surface area contributed by atoms with Gasteiger partial charge < -0.3 is 53.2 Å². The number of sulfone groups is 1. The molecule has 4 aliphatic rings. The molecule has 0 amide bonds. The highest BCUT2D eigenvalue weighted by Gasteiger charge is 2.41. The van der Waals surface area contributed by atoms with Gasteiger partial charge in [0, 0.05) is 134 Å². The number of nitrogens with zero attached hydrogens (tertiary/aromatic N) is 5. The number of ether oxygens (including phenoxy) is 8. The summed E-state index contributed by atoms with van der Waals surface area (Å²) in [5, 5.41) is 54.8. The van der Waals surface area contributed by atoms with Crippen LogP contribution in [0.5, 0.6) is 23.0 Å². The molecule has 0 spiro atoms. The summed E-state index contributed by atoms with van der Waals surface area (Å²) < 4.78 is 72.3. The van der Waals surface area contributed by atoms with Gasteiger partial charge in [0.15, 0.2) is 24.1 Å². The number of fused-ring (bicyclic) bond motifs is 4. The first-order valence-electron chi connectivity index (χ1n) is 50.1. The van der Waals surface area contributed by atoms with Crippen molar-refractivity contribution in [1.82, 2.24) is 19.9 Å². The molecule has 4 aromatic heterocycles. The smallest absolute Gasteiger partial charge is 0.337 e. The Kier molecular flexibility index (Phi) is 29.8. The number of nitro groups is 1. The van der Waals surface area contributed by atoms with Gasteiger partial charge in [0.25, 0.3) is 5.69 Å². The van der Waals surface area contributed by atoms with Crippen molar-refractivity contribution in [2.45, 2.75) is 228 Å². The minimum Gasteiger partial charge on any atom is -0.493 e. The van der Waals surface area contributed by atoms with Crippen LogP contribution < -0.4 is 18.9 Å². The van der Waals surface area contributed by atoms with E-state index in [0.29, 0.717) is 84.3 Å². The molecule has 0 bridgehead atoms. The molecule has 0 radical (unpaired) electrons. The first kappa shape index (κ1) is 103. The van der Waals surface area contributed by atoms with Gasteiger partial charge in [-0.15, -0.1) is 0 Å². The molecule has 0 fully saturated rings. The number of carbonyl (C=O) groups excluding carboxylic acids is 1. The van der Waals surface area contributed by atoms with E-state index in [1.807, 2.05) is 235 Å². The number of nitro benzene ring substituents is 1. The molecule has 16 aromatic rings. The molecule has 0 saturated heterocycles. The second kappa shape index (κ2) is 42.1. The Labute approximate surface area is 850 Å². The molecule has 8 heterocycles. The van der Waals surface area contributed by atoms with E-state index < -0.39 is 74.6 Å². The third-order valence-corrected chi connectivity index (χ3v) is 29.1. The quantitative estimate of drug-likeness (QED) is 0.0223. The number of carbonyl (C=O) groups is 4. The number of hydrogen-bond acceptors (Lipinski definition) is 20. The monoisotopic (exact) mass is 1980 g/mol. The van der Waals surface area contributed by atoms with Gasteiger partial charge in [-0.05, 0) is 307 Å². The Morgan fingerprint density at radius 1 is 0.397 bits per heavy atom. The number of Topliss-reactive ketones (excluding diaryl/α,β-unsaturated/α-hetero) is 1. The van der Waals surface area contributed by atoms with Crippen molar-refractivity contribution in [2.24, 2.45) is 0 Å². The summed E-state index contributed by atoms with van der Waals surface area (Å²) in [7, 11) is -3.06. The molecule has 20 rings (SSSR count). The maximum Gasteiger partial charge on any atom is 0.337 e. The molecule has 4 atom stereocenters. The number of aromatic nitrogens is 4. The van der Waals surface area contributed by atoms with E-state index in [4.69, 9.17) is 57.8 Å². The molecular weight excluding hydrogens is 1860 g/mol. The highest BCUT2D eigenvalue weighted by atomic mass is 32.2. The molecule has 146 heavy (non-hydrogen) atoms. The van der Waals surface area contributed by atoms with Gasteiger partial charge in [-0.2, -0.15) is 0 Å². The highest BCUT2D eigenvalue weighted by molar-refractivity contribution is 7.90. The molecule has 3 N–H and O–H groups in total. The zero-order valence-corrected chi connectivity index (χ0v) is 86.7. The zero-order chi connectivity index (χ0) is 104. The van der Waals surface area contributed by atoms with E-state index in [9.17, 15) is 53.0 Å². The van der Waals surface area contributed by atoms with Crippen molar-refractivity contribution in [3.8, 4) is 67.5 Å². The Morgan fingerprint density at radius 2 is 0.692 bits per heavy atom. The van der Waals surface area contributed by atoms with Crippen LogP contribution in [0.25, 0.3) is 131 Å². The van der Waals surface area contributed by atoms with Crippen molar-refractivity contribution in [3.63, 3.8) is 0 Å². The molecule has 4 aliphatic heterocycles. The average molecular weight is 1990 g/mol. The summed E-state index contributed by atoms with van der Waals surface area (Å²) in [5.41, 5.74) is 17.3. The molecular formula is C121H125N5O19S. The molecule has 12 aromatic carbocycles. The summed E-state index contributed by atoms with van der Waals surface area (Å²) in [6, 6.07) is 61.4. The fourth-order valence-corrected chi connectivity index (χ4v) is 22.6. The van der Waals surface area contributed by atoms with Crippen LogP contribution in [0.4, 0.5) is 5.69 Å². The fraction of sp³-hybridized carbons (Fsp3) is 0.339. The summed E-state index contributed by atoms with van der Waals surface area (Å²) >= 11 is 0. The van der Waals surface area contributed by atoms with E-state index in [0.717, 1.165) is 223 Å². The minimum atomic E-state index is -3.06. The maximum atomic E-state index is 13.1. The van der Waals surface area contributed by atoms with E-state index in [1.165, 1.54) is 24.3 Å². The second-order valence-electron chi connectivity index (χ2n) is 41.4. The first-order chi connectivity index (χ1) is 69.6. The summed E-state index contributed by atoms with van der Waals surface area (Å²) in [6.45, 7) is 32.9. The van der Waals surface area contributed by atoms with Crippen LogP contribution >= 0.6 is 0 Å². The summed E-state index contributed by atoms with van der Waals surface area (Å²) in [4.78, 5) is 82.4. The van der Waals surface area contributed by atoms with Crippen molar-refractivity contribution in [2.75, 3.05) is 38.4 Å². The number of unbranched alkanes of at least 4 members (excludes halogenated alkanes) is 1. The van der Waals surface area contributed by atoms with Gasteiger partial charge in [-0.25, -0.2) is 22.8 Å². The number of carboxylic acid groups (broad SMARTS) is 3. The maximum absolute atomic E-state index is 13.1. The molecule has 0 saturated carbocycles. The molecule has 24 nitrogen and oxygen atoms in total. The third-order valence-electron chi connectivity index (χ3n) is 28.0. The second-order valence-corrected chi connectivity index (χ2v) is 43.6. The standard InChI is InChI=1S/C32H35NO6S.2C30H31NO4.C29H28N2O5/c1-20-19-22-9-5-6-10-23(22)28(24-11-12-25-27-21(14-17-38-25)13-16-33-29(24)27)26(20)30(31(34)35)39-32(2,3)15-7-8-18-40(4,36)37;2*1-5-14-30(3,4)35-28(29(32)33)24-18(2)17-20-8-6-7-9-21(20)26(24)22-10-11-23-25-19(13-16-34-23)12-15-31-27(22)25;1-16-23(28(17(2)32)36-29(3,4)5)25(19-8-6-7-9-20(19)27(16)31(33)34)21-10-11-22-24-18(13-15-35-22)12-14-30-26(21)24/h5-6,9-13,16,19,30H,7-8,14-15,17-18H2,1-4H3,(H,34,35);2*6-12,15,17,28H,5,13-14,16H2,1-4H3,(H,32,33);6-12,14,28H,13,15H2,1-5H3/t30-;3*28-/m0001/s1. The number of aryl methyl sites for hydroxylation is 3. The Balaban J connectivity index is 0.000000133. The van der Waals surface area contributed by atoms with Gasteiger partial charge in [-0.1, -0.05) is 136 Å². The number of rotatable bonds is 29. The molecule has 25 heteroatoms. The fourth-order valence-electron chi connectivity index (χ4n) is 21.9. The van der Waals surface area contributed by atoms with Crippen LogP contribution in [0, 0.1) is 37.8 Å². The molecule has 0 aliphatic carbocycles. The molecule has 0 unspecified atom stereocenters. The lowest BCUT2D eigenvalue weighted by atomic mass is 9.84. The third kappa shape index (κ3) is 21.2. The average Bonchev–Trinajstić information content (AvgIpc) is 0.717. The summed E-state index contributed by atoms with van der Waals surface area (Å²) in [6.07, 6.45) is 12.2. The van der Waals surface area contributed by atoms with Gasteiger partial charge in [0.05, 0.1) is 81.2 Å². The SMILES string of the molecule is CC(=O)[C@@H](OC(C)(C)C)c1c(C)c([N+](=O)[O-])c2ccccc2c1-c1ccc2c3c(ccnc13)CCO2.CCCC(C)(C)O[C@H](C(=O)O)c1c(C)cc2ccccc2c1-c1ccc2c3c(ccnc13)CCO2.CCCC(C)(C)O[C@H](C(=O)O)c1c(C)cc2ccccc2c1-c1ccc2c3c(ccnc13)CCO2.Cc1cc2ccccc2c(-c2ccc3c4c(ccnc24)CCO3)c1[C@H](OC(C)(C)CCCCS(C)(=O)=O)C(=O)O. The summed E-state index contributed by atoms with van der Waals surface area (Å²) in [5.74, 6) is 0.00981. The van der Waals surface area contributed by atoms with Crippen LogP contribution in [0.2, 0.25) is 0 Å². The van der Waals surface area contributed by atoms with Crippen LogP contribution in [-0.2, 0) is 73.6 Å². The lowest BCUT2D eigenvalue weighted by molar-refractivity contribution is -0.383. The molecule has 754 valence electrons. The largest absolute Gasteiger partial charge is 0.493 e. The van der Waals surface area contributed by atoms with Crippen LogP contribution in [-0.4, -0.2) is 133 Å². The normalized spacial score (nSPS) is 14.2. The number of aliphatic carboxylic acids is 3. The number of benzene rings is 12. The van der Waals surface area contributed by atoms with Crippen molar-refractivity contribution < 1.29 is 85.7 Å². The van der Waals surface area contributed by atoms with Crippen molar-refractivity contribution in [1.29, 1.82) is 0 Å². The minimum absolute atomic E-state index is 0.0212. The lowest BCUT2D eigenvalue weighted by Gasteiger charge is -2.31. The number of carboxylic acids is 3. The van der Waals surface area contributed by atoms with E-state index in [2.05, 4.69) is 50.2 Å². The topological polar surface area (TPSA) is 332 Å². The van der Waals surface area contributed by atoms with E-state index in [1.54, 1.807) is 31.5 Å². The lowest BCUT2D eigenvalue weighted by Crippen LogP contribution is -2.31. The van der Waals surface area contributed by atoms with Gasteiger partial charge in [-0.3, -0.25) is 34.8 Å². The number of hydrogen-bond donors (Lipinski definition) is 3. The Bertz CT molecular complexity index is 7740. The number of ketones is 1. The Hall–Kier alpha value is -14.2. The predicted molar refractivity (Wildman–Crippen MR) is 575 cm³/mol. The number of pyridine rings is 4. The van der Waals surface area contributed by atoms with Gasteiger partial charge >= 0.3 is 17.9 Å². The van der Waals surface area contributed by atoms with Crippen LogP contribution in [0.15, 0.2) is 213 Å². The predicted octanol–water partition coefficient (Wildman–Crippen LogP) is 27.1. The van der Waals surface area contributed by atoms with E-state index in [-0.39, 0.29) is 22.1 Å². The van der Waals surface area contributed by atoms with Crippen LogP contribution in [0.3, 0.4) is 0 Å². The zero-order valence-electron chi connectivity index (χ0n) is 85.8. The van der Waals surface area contributed by atoms with E-state index >= 15 is 0 Å². The Morgan fingerprint density at radius 3 is 0.979 bits per heavy atom. The van der Waals surface area contributed by atoms with Crippen LogP contribution in [0.1, 0.15) is 219 Å². The highest BCUT2D eigenvalue weighted by Crippen LogP contribution is 2.54. The first-order valence-corrected chi connectivity index (χ1v) is 52.2. The van der Waals surface area contributed by atoms with Crippen molar-refractivity contribution in [3.05, 3.63) is 290 Å². The van der Waals surface area contributed by atoms with Gasteiger partial charge in [0.2, 0.25) is 0 Å². The van der Waals surface area contributed by atoms with Gasteiger partial charge in [0.1, 0.15) is 38.9 Å². The van der Waals surface area contributed by atoms with Crippen molar-refractivity contribution >= 4 is 126 Å².